The maximum atomic E-state index is 5.85. The minimum atomic E-state index is -1.79. The molecule has 9 heteroatoms. The molecule has 0 amide bonds. The van der Waals surface area contributed by atoms with Crippen LogP contribution in [0.2, 0.25) is 39.3 Å². The van der Waals surface area contributed by atoms with E-state index in [1.165, 1.54) is 0 Å². The van der Waals surface area contributed by atoms with E-state index >= 15 is 0 Å². The lowest BCUT2D eigenvalue weighted by molar-refractivity contribution is -0.0395. The van der Waals surface area contributed by atoms with Gasteiger partial charge in [-0.25, -0.2) is 0 Å². The van der Waals surface area contributed by atoms with Crippen LogP contribution in [-0.4, -0.2) is 63.8 Å². The lowest BCUT2D eigenvalue weighted by Gasteiger charge is -2.43. The Balaban J connectivity index is 0.000000201. The molecule has 1 unspecified atom stereocenters. The fourth-order valence-electron chi connectivity index (χ4n) is 3.30. The van der Waals surface area contributed by atoms with Crippen molar-refractivity contribution in [3.63, 3.8) is 0 Å². The van der Waals surface area contributed by atoms with Crippen LogP contribution in [0.1, 0.15) is 33.6 Å². The van der Waals surface area contributed by atoms with Gasteiger partial charge in [-0.15, -0.1) is 0 Å². The Morgan fingerprint density at radius 3 is 1.38 bits per heavy atom. The Morgan fingerprint density at radius 1 is 0.692 bits per heavy atom. The third kappa shape index (κ3) is 10.7. The van der Waals surface area contributed by atoms with E-state index in [0.29, 0.717) is 6.10 Å². The van der Waals surface area contributed by atoms with Crippen molar-refractivity contribution in [3.05, 3.63) is 0 Å². The van der Waals surface area contributed by atoms with Gasteiger partial charge in [-0.2, -0.15) is 0 Å². The number of rotatable bonds is 0. The Hall–Kier alpha value is 0.411. The van der Waals surface area contributed by atoms with Gasteiger partial charge in [-0.3, -0.25) is 0 Å². The Labute approximate surface area is 163 Å². The summed E-state index contributed by atoms with van der Waals surface area (Å²) < 4.78 is 32.9. The van der Waals surface area contributed by atoms with Crippen molar-refractivity contribution in [2.45, 2.75) is 84.6 Å². The van der Waals surface area contributed by atoms with Crippen LogP contribution < -0.4 is 0 Å². The molecule has 0 aromatic carbocycles. The highest BCUT2D eigenvalue weighted by atomic mass is 28.4. The van der Waals surface area contributed by atoms with Gasteiger partial charge >= 0.3 is 25.7 Å². The topological polar surface area (TPSA) is 55.4 Å². The number of hydrogen-bond donors (Lipinski definition) is 0. The molecule has 0 spiro atoms. The van der Waals surface area contributed by atoms with Crippen molar-refractivity contribution < 1.29 is 26.6 Å². The first-order chi connectivity index (χ1) is 11.7. The summed E-state index contributed by atoms with van der Waals surface area (Å²) in [5, 5.41) is 0. The molecule has 0 saturated carbocycles. The SMILES string of the molecule is CC1CC(C)(C)O[Si](C)(C)O1.C[Si]1(C)OCCCO1.C[Si]1(C)OCCO1. The van der Waals surface area contributed by atoms with Crippen LogP contribution in [0.15, 0.2) is 0 Å². The van der Waals surface area contributed by atoms with Crippen molar-refractivity contribution in [2.24, 2.45) is 0 Å². The third-order valence-electron chi connectivity index (χ3n) is 3.96. The molecule has 3 saturated heterocycles. The van der Waals surface area contributed by atoms with Crippen molar-refractivity contribution >= 4 is 25.7 Å². The van der Waals surface area contributed by atoms with Gasteiger partial charge in [0.2, 0.25) is 0 Å². The molecule has 0 bridgehead atoms. The first-order valence-corrected chi connectivity index (χ1v) is 18.1. The van der Waals surface area contributed by atoms with Gasteiger partial charge in [-0.1, -0.05) is 0 Å². The van der Waals surface area contributed by atoms with E-state index in [9.17, 15) is 0 Å². The van der Waals surface area contributed by atoms with Crippen molar-refractivity contribution in [1.82, 2.24) is 0 Å². The van der Waals surface area contributed by atoms with Crippen molar-refractivity contribution in [3.8, 4) is 0 Å². The predicted octanol–water partition coefficient (Wildman–Crippen LogP) is 4.15. The summed E-state index contributed by atoms with van der Waals surface area (Å²) >= 11 is 0. The van der Waals surface area contributed by atoms with Gasteiger partial charge in [-0.05, 0) is 72.9 Å². The minimum absolute atomic E-state index is 0.0212. The molecule has 3 aliphatic rings. The molecule has 156 valence electrons. The molecule has 0 aliphatic carbocycles. The zero-order valence-electron chi connectivity index (χ0n) is 18.3. The second kappa shape index (κ2) is 9.75. The van der Waals surface area contributed by atoms with E-state index in [4.69, 9.17) is 26.6 Å². The third-order valence-corrected chi connectivity index (χ3v) is 9.57. The van der Waals surface area contributed by atoms with Gasteiger partial charge in [0.1, 0.15) is 0 Å². The average Bonchev–Trinajstić information content (AvgIpc) is 2.80. The van der Waals surface area contributed by atoms with Crippen LogP contribution >= 0.6 is 0 Å². The minimum Gasteiger partial charge on any atom is -0.394 e. The lowest BCUT2D eigenvalue weighted by atomic mass is 10.0. The molecule has 0 N–H and O–H groups in total. The van der Waals surface area contributed by atoms with E-state index in [1.807, 2.05) is 0 Å². The second-order valence-corrected chi connectivity index (χ2v) is 18.9. The maximum absolute atomic E-state index is 5.85. The summed E-state index contributed by atoms with van der Waals surface area (Å²) in [5.41, 5.74) is 0.0212. The fourth-order valence-corrected chi connectivity index (χ4v) is 8.41. The zero-order chi connectivity index (χ0) is 20.1. The normalized spacial score (nSPS) is 31.0. The predicted molar refractivity (Wildman–Crippen MR) is 111 cm³/mol. The second-order valence-electron chi connectivity index (χ2n) is 8.94. The Bertz CT molecular complexity index is 397. The van der Waals surface area contributed by atoms with E-state index in [1.54, 1.807) is 0 Å². The van der Waals surface area contributed by atoms with Gasteiger partial charge in [0.25, 0.3) is 0 Å². The van der Waals surface area contributed by atoms with Crippen molar-refractivity contribution in [1.29, 1.82) is 0 Å². The lowest BCUT2D eigenvalue weighted by Crippen LogP contribution is -2.52. The van der Waals surface area contributed by atoms with Crippen LogP contribution in [0.25, 0.3) is 0 Å². The highest BCUT2D eigenvalue weighted by Crippen LogP contribution is 2.30. The molecule has 3 rings (SSSR count). The zero-order valence-corrected chi connectivity index (χ0v) is 21.3. The van der Waals surface area contributed by atoms with Crippen LogP contribution in [0.3, 0.4) is 0 Å². The Kier molecular flexibility index (Phi) is 9.17. The summed E-state index contributed by atoms with van der Waals surface area (Å²) in [6.07, 6.45) is 2.43. The number of hydrogen-bond acceptors (Lipinski definition) is 6. The monoisotopic (exact) mass is 424 g/mol. The van der Waals surface area contributed by atoms with E-state index in [-0.39, 0.29) is 5.60 Å². The molecule has 26 heavy (non-hydrogen) atoms. The molecule has 0 radical (unpaired) electrons. The van der Waals surface area contributed by atoms with Gasteiger partial charge < -0.3 is 26.6 Å². The van der Waals surface area contributed by atoms with Gasteiger partial charge in [0, 0.05) is 19.3 Å². The summed E-state index contributed by atoms with van der Waals surface area (Å²) in [6.45, 7) is 22.3. The average molecular weight is 425 g/mol. The van der Waals surface area contributed by atoms with E-state index in [2.05, 4.69) is 60.1 Å². The molecule has 3 heterocycles. The fraction of sp³-hybridized carbons (Fsp3) is 1.00. The van der Waals surface area contributed by atoms with Crippen LogP contribution in [0.5, 0.6) is 0 Å². The van der Waals surface area contributed by atoms with Gasteiger partial charge in [0.15, 0.2) is 0 Å². The van der Waals surface area contributed by atoms with Crippen LogP contribution in [0, 0.1) is 0 Å². The highest BCUT2D eigenvalue weighted by Gasteiger charge is 2.40. The molecule has 3 aliphatic heterocycles. The van der Waals surface area contributed by atoms with Crippen LogP contribution in [-0.2, 0) is 26.6 Å². The molecule has 6 nitrogen and oxygen atoms in total. The summed E-state index contributed by atoms with van der Waals surface area (Å²) in [6, 6.07) is 0. The summed E-state index contributed by atoms with van der Waals surface area (Å²) in [5.74, 6) is 0. The quantitative estimate of drug-likeness (QED) is 0.544. The molecule has 0 aromatic heterocycles. The molecule has 3 fully saturated rings. The van der Waals surface area contributed by atoms with E-state index < -0.39 is 25.7 Å². The standard InChI is InChI=1S/C8H18O2Si.C5H12O2Si.C4H10O2Si/c1-7-6-8(2,3)10-11(4,5)9-7;1-8(2)6-4-3-5-7-8;1-7(2)5-3-4-6-7/h7H,6H2,1-5H3;3-5H2,1-2H3;3-4H2,1-2H3. The molecule has 1 atom stereocenters. The van der Waals surface area contributed by atoms with Gasteiger partial charge in [0.05, 0.1) is 18.8 Å². The first kappa shape index (κ1) is 24.4. The highest BCUT2D eigenvalue weighted by molar-refractivity contribution is 6.65. The summed E-state index contributed by atoms with van der Waals surface area (Å²) in [4.78, 5) is 0. The van der Waals surface area contributed by atoms with Crippen molar-refractivity contribution in [2.75, 3.05) is 26.4 Å². The molecule has 0 aromatic rings. The maximum Gasteiger partial charge on any atom is 0.332 e. The molecular formula is C17H40O6Si3. The molecular weight excluding hydrogens is 384 g/mol. The first-order valence-electron chi connectivity index (χ1n) is 9.66. The van der Waals surface area contributed by atoms with E-state index in [0.717, 1.165) is 39.3 Å². The Morgan fingerprint density at radius 2 is 1.12 bits per heavy atom. The largest absolute Gasteiger partial charge is 0.394 e. The summed E-state index contributed by atoms with van der Waals surface area (Å²) in [7, 11) is -4.92. The smallest absolute Gasteiger partial charge is 0.332 e. The van der Waals surface area contributed by atoms with Crippen LogP contribution in [0.4, 0.5) is 0 Å².